The molecule has 0 atom stereocenters. The van der Waals surface area contributed by atoms with Crippen LogP contribution in [0.1, 0.15) is 6.92 Å². The topological polar surface area (TPSA) is 42.0 Å². The van der Waals surface area contributed by atoms with E-state index < -0.39 is 6.16 Å². The maximum absolute atomic E-state index is 9.74. The lowest BCUT2D eigenvalue weighted by molar-refractivity contribution is 0.0924. The van der Waals surface area contributed by atoms with E-state index in [2.05, 4.69) is 45.6 Å². The Morgan fingerprint density at radius 3 is 2.07 bits per heavy atom. The molecule has 0 aromatic heterocycles. The highest BCUT2D eigenvalue weighted by molar-refractivity contribution is 5.59. The molecule has 0 fully saturated rings. The normalized spacial score (nSPS) is 13.4. The molecule has 5 heteroatoms. The Morgan fingerprint density at radius 1 is 1.36 bits per heavy atom. The Morgan fingerprint density at radius 2 is 1.93 bits per heavy atom. The number of ether oxygens (including phenoxy) is 2. The molecule has 0 saturated heterocycles. The molecule has 0 saturated carbocycles. The molecule has 1 aliphatic rings. The molecule has 0 radical (unpaired) electrons. The van der Waals surface area contributed by atoms with Crippen molar-refractivity contribution in [3.8, 4) is 0 Å². The van der Waals surface area contributed by atoms with Crippen LogP contribution < -0.4 is 0 Å². The van der Waals surface area contributed by atoms with Crippen molar-refractivity contribution in [2.45, 2.75) is 6.92 Å². The third-order valence-corrected chi connectivity index (χ3v) is 1.68. The van der Waals surface area contributed by atoms with Gasteiger partial charge in [-0.3, -0.25) is 0 Å². The molecule has 0 spiro atoms. The lowest BCUT2D eigenvalue weighted by Gasteiger charge is -2.14. The summed E-state index contributed by atoms with van der Waals surface area (Å²) in [6.45, 7) is 4.32. The highest BCUT2D eigenvalue weighted by Gasteiger charge is 2.03. The van der Waals surface area contributed by atoms with Crippen molar-refractivity contribution in [1.82, 2.24) is 9.80 Å². The zero-order valence-corrected chi connectivity index (χ0v) is 9.19. The lowest BCUT2D eigenvalue weighted by Crippen LogP contribution is -2.21. The van der Waals surface area contributed by atoms with Gasteiger partial charge in [-0.1, -0.05) is 0 Å². The van der Waals surface area contributed by atoms with Gasteiger partial charge in [0.05, 0.1) is 20.9 Å². The van der Waals surface area contributed by atoms with Gasteiger partial charge in [-0.05, 0) is 6.92 Å². The van der Waals surface area contributed by atoms with Crippen molar-refractivity contribution in [2.75, 3.05) is 34.5 Å². The van der Waals surface area contributed by atoms with Crippen molar-refractivity contribution >= 4 is 6.16 Å². The number of methoxy groups -OCH3 is 2. The second-order valence-electron chi connectivity index (χ2n) is 2.76. The first-order valence-corrected chi connectivity index (χ1v) is 4.38. The van der Waals surface area contributed by atoms with Crippen LogP contribution >= 0.6 is 0 Å². The molecule has 0 aromatic carbocycles. The maximum Gasteiger partial charge on any atom is 0.507 e. The smallest absolute Gasteiger partial charge is 0.438 e. The highest BCUT2D eigenvalue weighted by atomic mass is 16.7. The van der Waals surface area contributed by atoms with Gasteiger partial charge in [0.25, 0.3) is 0 Å². The number of hydrogen-bond donors (Lipinski definition) is 0. The second-order valence-corrected chi connectivity index (χ2v) is 2.76. The largest absolute Gasteiger partial charge is 0.507 e. The Hall–Kier alpha value is -1.39. The molecule has 0 aromatic rings. The summed E-state index contributed by atoms with van der Waals surface area (Å²) < 4.78 is 8.08. The number of rotatable bonds is 1. The first kappa shape index (κ1) is 12.6. The van der Waals surface area contributed by atoms with Crippen LogP contribution in [-0.2, 0) is 9.47 Å². The van der Waals surface area contributed by atoms with Crippen molar-refractivity contribution in [1.29, 1.82) is 0 Å². The zero-order valence-electron chi connectivity index (χ0n) is 9.19. The first-order valence-electron chi connectivity index (χ1n) is 4.38. The summed E-state index contributed by atoms with van der Waals surface area (Å²) in [6, 6.07) is 0. The summed E-state index contributed by atoms with van der Waals surface area (Å²) in [5.41, 5.74) is 0. The standard InChI is InChI=1S/C6H12N2.C3H6O3/c1-3-8-5-4-7(2)6-8;1-5-3(4)6-2/h4-5H,3,6H2,1-2H3;1-2H3. The van der Waals surface area contributed by atoms with Gasteiger partial charge in [0.2, 0.25) is 0 Å². The van der Waals surface area contributed by atoms with E-state index in [9.17, 15) is 4.79 Å². The van der Waals surface area contributed by atoms with E-state index in [-0.39, 0.29) is 0 Å². The van der Waals surface area contributed by atoms with Crippen LogP contribution in [0, 0.1) is 0 Å². The molecule has 5 nitrogen and oxygen atoms in total. The Bertz CT molecular complexity index is 188. The second kappa shape index (κ2) is 7.06. The van der Waals surface area contributed by atoms with E-state index in [4.69, 9.17) is 0 Å². The number of nitrogens with zero attached hydrogens (tertiary/aromatic N) is 2. The molecule has 0 unspecified atom stereocenters. The summed E-state index contributed by atoms with van der Waals surface area (Å²) in [5, 5.41) is 0. The molecule has 0 amide bonds. The minimum Gasteiger partial charge on any atom is -0.438 e. The molecular weight excluding hydrogens is 184 g/mol. The van der Waals surface area contributed by atoms with Crippen molar-refractivity contribution < 1.29 is 14.3 Å². The van der Waals surface area contributed by atoms with E-state index in [1.807, 2.05) is 0 Å². The minimum absolute atomic E-state index is 0.657. The molecule has 1 heterocycles. The van der Waals surface area contributed by atoms with Gasteiger partial charge >= 0.3 is 6.16 Å². The van der Waals surface area contributed by atoms with Gasteiger partial charge < -0.3 is 19.3 Å². The molecular formula is C9H18N2O3. The van der Waals surface area contributed by atoms with Gasteiger partial charge in [-0.2, -0.15) is 0 Å². The molecule has 1 aliphatic heterocycles. The Kier molecular flexibility index (Phi) is 6.36. The first-order chi connectivity index (χ1) is 6.63. The van der Waals surface area contributed by atoms with E-state index in [0.717, 1.165) is 13.2 Å². The van der Waals surface area contributed by atoms with Gasteiger partial charge in [-0.25, -0.2) is 4.79 Å². The van der Waals surface area contributed by atoms with Crippen LogP contribution in [0.15, 0.2) is 12.4 Å². The van der Waals surface area contributed by atoms with E-state index in [0.29, 0.717) is 0 Å². The third kappa shape index (κ3) is 5.29. The molecule has 14 heavy (non-hydrogen) atoms. The Balaban J connectivity index is 0.000000255. The summed E-state index contributed by atoms with van der Waals surface area (Å²) in [4.78, 5) is 14.1. The average molecular weight is 202 g/mol. The fourth-order valence-corrected chi connectivity index (χ4v) is 0.878. The average Bonchev–Trinajstić information content (AvgIpc) is 2.64. The van der Waals surface area contributed by atoms with Crippen molar-refractivity contribution in [3.63, 3.8) is 0 Å². The quantitative estimate of drug-likeness (QED) is 0.595. The fraction of sp³-hybridized carbons (Fsp3) is 0.667. The van der Waals surface area contributed by atoms with Gasteiger partial charge in [-0.15, -0.1) is 0 Å². The number of hydrogen-bond acceptors (Lipinski definition) is 5. The van der Waals surface area contributed by atoms with Gasteiger partial charge in [0, 0.05) is 26.0 Å². The molecule has 0 bridgehead atoms. The van der Waals surface area contributed by atoms with Crippen LogP contribution in [-0.4, -0.2) is 50.4 Å². The highest BCUT2D eigenvalue weighted by Crippen LogP contribution is 2.00. The monoisotopic (exact) mass is 202 g/mol. The summed E-state index contributed by atoms with van der Waals surface area (Å²) in [7, 11) is 4.59. The molecule has 0 N–H and O–H groups in total. The van der Waals surface area contributed by atoms with Crippen LogP contribution in [0.4, 0.5) is 4.79 Å². The van der Waals surface area contributed by atoms with Crippen LogP contribution in [0.2, 0.25) is 0 Å². The summed E-state index contributed by atoms with van der Waals surface area (Å²) in [5.74, 6) is 0. The van der Waals surface area contributed by atoms with Crippen molar-refractivity contribution in [3.05, 3.63) is 12.4 Å². The van der Waals surface area contributed by atoms with E-state index in [1.54, 1.807) is 0 Å². The summed E-state index contributed by atoms with van der Waals surface area (Å²) in [6.07, 6.45) is 3.54. The van der Waals surface area contributed by atoms with Gasteiger partial charge in [0.15, 0.2) is 0 Å². The lowest BCUT2D eigenvalue weighted by atomic mass is 10.6. The van der Waals surface area contributed by atoms with Crippen molar-refractivity contribution in [2.24, 2.45) is 0 Å². The van der Waals surface area contributed by atoms with Crippen LogP contribution in [0.5, 0.6) is 0 Å². The Labute approximate surface area is 84.9 Å². The molecule has 0 aliphatic carbocycles. The predicted molar refractivity (Wildman–Crippen MR) is 53.6 cm³/mol. The maximum atomic E-state index is 9.74. The minimum atomic E-state index is -0.657. The SMILES string of the molecule is CCN1C=CN(C)C1.COC(=O)OC. The van der Waals surface area contributed by atoms with E-state index >= 15 is 0 Å². The molecule has 1 rings (SSSR count). The van der Waals surface area contributed by atoms with Gasteiger partial charge in [0.1, 0.15) is 0 Å². The van der Waals surface area contributed by atoms with Crippen LogP contribution in [0.25, 0.3) is 0 Å². The fourth-order valence-electron chi connectivity index (χ4n) is 0.878. The zero-order chi connectivity index (χ0) is 11.0. The predicted octanol–water partition coefficient (Wildman–Crippen LogP) is 1.08. The van der Waals surface area contributed by atoms with E-state index in [1.165, 1.54) is 14.2 Å². The number of carbonyl (C=O) groups excluding carboxylic acids is 1. The summed E-state index contributed by atoms with van der Waals surface area (Å²) >= 11 is 0. The third-order valence-electron chi connectivity index (χ3n) is 1.68. The molecule has 82 valence electrons. The van der Waals surface area contributed by atoms with Crippen LogP contribution in [0.3, 0.4) is 0 Å². The number of carbonyl (C=O) groups is 1.